The summed E-state index contributed by atoms with van der Waals surface area (Å²) >= 11 is 0. The molecule has 1 aliphatic heterocycles. The van der Waals surface area contributed by atoms with Crippen molar-refractivity contribution in [1.29, 1.82) is 0 Å². The van der Waals surface area contributed by atoms with Crippen molar-refractivity contribution in [3.8, 4) is 11.5 Å². The van der Waals surface area contributed by atoms with Crippen molar-refractivity contribution in [2.24, 2.45) is 0 Å². The van der Waals surface area contributed by atoms with Crippen LogP contribution in [-0.2, 0) is 5.41 Å². The number of para-hydroxylation sites is 1. The fourth-order valence-corrected chi connectivity index (χ4v) is 3.23. The van der Waals surface area contributed by atoms with E-state index in [1.54, 1.807) is 0 Å². The van der Waals surface area contributed by atoms with Crippen molar-refractivity contribution in [3.05, 3.63) is 58.1 Å². The fourth-order valence-electron chi connectivity index (χ4n) is 3.23. The van der Waals surface area contributed by atoms with Crippen LogP contribution in [0.1, 0.15) is 41.7 Å². The molecule has 3 rings (SSSR count). The van der Waals surface area contributed by atoms with Crippen LogP contribution in [0.3, 0.4) is 0 Å². The minimum atomic E-state index is -0.00722. The van der Waals surface area contributed by atoms with E-state index in [1.807, 2.05) is 6.07 Å². The number of ether oxygens (including phenoxy) is 1. The molecule has 0 bridgehead atoms. The number of hydrogen-bond donors (Lipinski definition) is 0. The van der Waals surface area contributed by atoms with Gasteiger partial charge in [-0.25, -0.2) is 0 Å². The van der Waals surface area contributed by atoms with Crippen LogP contribution in [0.4, 0.5) is 0 Å². The van der Waals surface area contributed by atoms with Gasteiger partial charge in [-0.3, -0.25) is 0 Å². The molecular weight excluding hydrogens is 232 g/mol. The molecular formula is C18H20O. The highest BCUT2D eigenvalue weighted by atomic mass is 16.5. The molecule has 0 N–H and O–H groups in total. The maximum absolute atomic E-state index is 6.13. The summed E-state index contributed by atoms with van der Waals surface area (Å²) in [5.41, 5.74) is 6.62. The van der Waals surface area contributed by atoms with E-state index in [9.17, 15) is 0 Å². The lowest BCUT2D eigenvalue weighted by Crippen LogP contribution is -2.26. The van der Waals surface area contributed by atoms with Gasteiger partial charge in [0.15, 0.2) is 0 Å². The molecule has 2 aromatic carbocycles. The van der Waals surface area contributed by atoms with Gasteiger partial charge in [-0.15, -0.1) is 0 Å². The van der Waals surface area contributed by atoms with Crippen molar-refractivity contribution in [2.75, 3.05) is 0 Å². The molecule has 1 aliphatic rings. The van der Waals surface area contributed by atoms with Crippen LogP contribution >= 0.6 is 0 Å². The summed E-state index contributed by atoms with van der Waals surface area (Å²) in [5.74, 6) is 2.01. The molecule has 0 amide bonds. The monoisotopic (exact) mass is 252 g/mol. The Morgan fingerprint density at radius 2 is 1.58 bits per heavy atom. The first-order valence-corrected chi connectivity index (χ1v) is 6.81. The number of rotatable bonds is 0. The molecule has 19 heavy (non-hydrogen) atoms. The van der Waals surface area contributed by atoms with Gasteiger partial charge in [-0.05, 0) is 49.6 Å². The Morgan fingerprint density at radius 1 is 0.895 bits per heavy atom. The molecule has 0 fully saturated rings. The van der Waals surface area contributed by atoms with E-state index in [0.717, 1.165) is 11.5 Å². The van der Waals surface area contributed by atoms with Crippen LogP contribution in [0.5, 0.6) is 11.5 Å². The van der Waals surface area contributed by atoms with E-state index in [4.69, 9.17) is 4.74 Å². The van der Waals surface area contributed by atoms with Crippen LogP contribution in [0.15, 0.2) is 30.3 Å². The van der Waals surface area contributed by atoms with Crippen molar-refractivity contribution in [3.63, 3.8) is 0 Å². The van der Waals surface area contributed by atoms with Crippen LogP contribution in [0.25, 0.3) is 0 Å². The highest BCUT2D eigenvalue weighted by Crippen LogP contribution is 2.49. The van der Waals surface area contributed by atoms with Crippen LogP contribution < -0.4 is 4.74 Å². The highest BCUT2D eigenvalue weighted by molar-refractivity contribution is 5.61. The van der Waals surface area contributed by atoms with Crippen molar-refractivity contribution in [1.82, 2.24) is 0 Å². The molecule has 0 radical (unpaired) electrons. The molecule has 1 heteroatoms. The molecule has 0 aromatic heterocycles. The van der Waals surface area contributed by atoms with Gasteiger partial charge < -0.3 is 4.74 Å². The van der Waals surface area contributed by atoms with Crippen LogP contribution in [0.2, 0.25) is 0 Å². The number of hydrogen-bond acceptors (Lipinski definition) is 1. The molecule has 0 unspecified atom stereocenters. The molecule has 0 spiro atoms. The number of aryl methyl sites for hydroxylation is 1. The Morgan fingerprint density at radius 3 is 2.32 bits per heavy atom. The first kappa shape index (κ1) is 12.3. The highest BCUT2D eigenvalue weighted by Gasteiger charge is 2.35. The molecule has 98 valence electrons. The molecule has 0 atom stereocenters. The maximum Gasteiger partial charge on any atom is 0.132 e. The lowest BCUT2D eigenvalue weighted by atomic mass is 9.73. The smallest absolute Gasteiger partial charge is 0.132 e. The van der Waals surface area contributed by atoms with E-state index < -0.39 is 0 Å². The second-order valence-electron chi connectivity index (χ2n) is 6.04. The first-order chi connectivity index (χ1) is 8.93. The SMILES string of the molecule is Cc1cc2c(c(C)c1C)C(C)(C)c1ccccc1O2. The number of benzene rings is 2. The van der Waals surface area contributed by atoms with Gasteiger partial charge in [0.2, 0.25) is 0 Å². The predicted molar refractivity (Wildman–Crippen MR) is 79.3 cm³/mol. The average Bonchev–Trinajstić information content (AvgIpc) is 2.35. The van der Waals surface area contributed by atoms with Crippen molar-refractivity contribution in [2.45, 2.75) is 40.0 Å². The Kier molecular flexibility index (Phi) is 2.50. The van der Waals surface area contributed by atoms with Gasteiger partial charge in [0, 0.05) is 16.5 Å². The normalized spacial score (nSPS) is 15.4. The van der Waals surface area contributed by atoms with Crippen molar-refractivity contribution < 1.29 is 4.74 Å². The Bertz CT molecular complexity index is 666. The topological polar surface area (TPSA) is 9.23 Å². The zero-order valence-electron chi connectivity index (χ0n) is 12.3. The lowest BCUT2D eigenvalue weighted by Gasteiger charge is -2.36. The Balaban J connectivity index is 2.34. The molecule has 1 heterocycles. The van der Waals surface area contributed by atoms with Gasteiger partial charge >= 0.3 is 0 Å². The molecule has 1 nitrogen and oxygen atoms in total. The minimum Gasteiger partial charge on any atom is -0.457 e. The zero-order chi connectivity index (χ0) is 13.8. The van der Waals surface area contributed by atoms with E-state index in [2.05, 4.69) is 58.9 Å². The maximum atomic E-state index is 6.13. The Hall–Kier alpha value is -1.76. The molecule has 0 saturated carbocycles. The third-order valence-electron chi connectivity index (χ3n) is 4.53. The van der Waals surface area contributed by atoms with Gasteiger partial charge in [-0.1, -0.05) is 32.0 Å². The van der Waals surface area contributed by atoms with Gasteiger partial charge in [0.05, 0.1) is 0 Å². The third kappa shape index (κ3) is 1.61. The summed E-state index contributed by atoms with van der Waals surface area (Å²) in [6, 6.07) is 10.5. The van der Waals surface area contributed by atoms with Crippen LogP contribution in [-0.4, -0.2) is 0 Å². The summed E-state index contributed by atoms with van der Waals surface area (Å²) in [4.78, 5) is 0. The molecule has 2 aromatic rings. The second kappa shape index (κ2) is 3.86. The van der Waals surface area contributed by atoms with E-state index >= 15 is 0 Å². The van der Waals surface area contributed by atoms with E-state index in [1.165, 1.54) is 27.8 Å². The summed E-state index contributed by atoms with van der Waals surface area (Å²) in [6.07, 6.45) is 0. The van der Waals surface area contributed by atoms with Gasteiger partial charge in [0.25, 0.3) is 0 Å². The summed E-state index contributed by atoms with van der Waals surface area (Å²) in [7, 11) is 0. The summed E-state index contributed by atoms with van der Waals surface area (Å²) < 4.78 is 6.13. The molecule has 0 aliphatic carbocycles. The average molecular weight is 252 g/mol. The van der Waals surface area contributed by atoms with Gasteiger partial charge in [0.1, 0.15) is 11.5 Å². The summed E-state index contributed by atoms with van der Waals surface area (Å²) in [6.45, 7) is 11.1. The minimum absolute atomic E-state index is 0.00722. The second-order valence-corrected chi connectivity index (χ2v) is 6.04. The van der Waals surface area contributed by atoms with Crippen molar-refractivity contribution >= 4 is 0 Å². The zero-order valence-corrected chi connectivity index (χ0v) is 12.3. The number of fused-ring (bicyclic) bond motifs is 2. The summed E-state index contributed by atoms with van der Waals surface area (Å²) in [5, 5.41) is 0. The fraction of sp³-hybridized carbons (Fsp3) is 0.333. The predicted octanol–water partition coefficient (Wildman–Crippen LogP) is 5.04. The third-order valence-corrected chi connectivity index (χ3v) is 4.53. The quantitative estimate of drug-likeness (QED) is 0.638. The standard InChI is InChI=1S/C18H20O/c1-11-10-16-17(13(3)12(11)2)18(4,5)14-8-6-7-9-15(14)19-16/h6-10H,1-5H3. The van der Waals surface area contributed by atoms with Gasteiger partial charge in [-0.2, -0.15) is 0 Å². The first-order valence-electron chi connectivity index (χ1n) is 6.81. The molecule has 0 saturated heterocycles. The largest absolute Gasteiger partial charge is 0.457 e. The van der Waals surface area contributed by atoms with E-state index in [-0.39, 0.29) is 5.41 Å². The Labute approximate surface area is 115 Å². The lowest BCUT2D eigenvalue weighted by molar-refractivity contribution is 0.416. The van der Waals surface area contributed by atoms with E-state index in [0.29, 0.717) is 0 Å². The van der Waals surface area contributed by atoms with Crippen LogP contribution in [0, 0.1) is 20.8 Å².